The average Bonchev–Trinajstić information content (AvgIpc) is 3.28. The van der Waals surface area contributed by atoms with E-state index in [1.54, 1.807) is 6.20 Å². The molecule has 0 amide bonds. The normalized spacial score (nSPS) is 15.2. The van der Waals surface area contributed by atoms with Crippen molar-refractivity contribution >= 4 is 16.7 Å². The number of fused-ring (bicyclic) bond motifs is 3. The van der Waals surface area contributed by atoms with Crippen molar-refractivity contribution in [1.82, 2.24) is 34.4 Å². The molecule has 4 aromatic rings. The molecule has 2 bridgehead atoms. The Hall–Kier alpha value is -4.39. The van der Waals surface area contributed by atoms with Crippen molar-refractivity contribution < 1.29 is 9.13 Å². The molecule has 7 heterocycles. The van der Waals surface area contributed by atoms with Crippen molar-refractivity contribution in [2.75, 3.05) is 19.7 Å². The van der Waals surface area contributed by atoms with Crippen LogP contribution in [0.1, 0.15) is 42.4 Å². The number of aromatic nitrogens is 6. The smallest absolute Gasteiger partial charge is 0.318 e. The van der Waals surface area contributed by atoms with E-state index in [4.69, 9.17) is 14.7 Å². The van der Waals surface area contributed by atoms with Crippen LogP contribution in [-0.2, 0) is 6.54 Å². The van der Waals surface area contributed by atoms with Gasteiger partial charge in [0.15, 0.2) is 5.65 Å². The summed E-state index contributed by atoms with van der Waals surface area (Å²) < 4.78 is 21.5. The van der Waals surface area contributed by atoms with Crippen molar-refractivity contribution in [3.05, 3.63) is 65.3 Å². The summed E-state index contributed by atoms with van der Waals surface area (Å²) in [6.07, 6.45) is 7.12. The first-order chi connectivity index (χ1) is 18.0. The first-order valence-electron chi connectivity index (χ1n) is 12.4. The molecule has 0 spiro atoms. The molecular formula is C27H25FN8O. The van der Waals surface area contributed by atoms with Crippen LogP contribution in [0.5, 0.6) is 6.01 Å². The lowest BCUT2D eigenvalue weighted by Crippen LogP contribution is -2.35. The van der Waals surface area contributed by atoms with Gasteiger partial charge in [0.05, 0.1) is 30.7 Å². The van der Waals surface area contributed by atoms with Gasteiger partial charge in [0.1, 0.15) is 28.9 Å². The van der Waals surface area contributed by atoms with E-state index in [9.17, 15) is 9.65 Å². The molecular weight excluding hydrogens is 471 g/mol. The van der Waals surface area contributed by atoms with Crippen molar-refractivity contribution in [3.8, 4) is 23.5 Å². The van der Waals surface area contributed by atoms with Gasteiger partial charge < -0.3 is 14.2 Å². The Labute approximate surface area is 213 Å². The number of halogens is 1. The maximum absolute atomic E-state index is 14.1. The number of imidazole rings is 1. The number of allylic oxidation sites excluding steroid dienone is 1. The molecule has 186 valence electrons. The molecule has 0 saturated carbocycles. The number of aryl methyl sites for hydroxylation is 1. The van der Waals surface area contributed by atoms with E-state index in [0.717, 1.165) is 37.8 Å². The van der Waals surface area contributed by atoms with Crippen LogP contribution in [-0.4, -0.2) is 54.1 Å². The van der Waals surface area contributed by atoms with Crippen LogP contribution in [0.2, 0.25) is 0 Å². The van der Waals surface area contributed by atoms with Gasteiger partial charge in [0, 0.05) is 36.6 Å². The number of nitriles is 1. The molecule has 3 aliphatic rings. The van der Waals surface area contributed by atoms with Gasteiger partial charge in [-0.2, -0.15) is 15.2 Å². The van der Waals surface area contributed by atoms with E-state index in [1.807, 2.05) is 30.5 Å². The fourth-order valence-corrected chi connectivity index (χ4v) is 5.17. The predicted octanol–water partition coefficient (Wildman–Crippen LogP) is 4.12. The highest BCUT2D eigenvalue weighted by atomic mass is 19.1. The van der Waals surface area contributed by atoms with Crippen LogP contribution in [0.3, 0.4) is 0 Å². The number of rotatable bonds is 6. The first kappa shape index (κ1) is 23.0. The molecule has 0 radical (unpaired) electrons. The lowest BCUT2D eigenvalue weighted by molar-refractivity contribution is 0.252. The number of nitrogens with zero attached hydrogens (tertiary/aromatic N) is 8. The topological polar surface area (TPSA) is 106 Å². The van der Waals surface area contributed by atoms with Gasteiger partial charge in [-0.1, -0.05) is 6.07 Å². The quantitative estimate of drug-likeness (QED) is 0.393. The van der Waals surface area contributed by atoms with Crippen LogP contribution in [0.4, 0.5) is 4.39 Å². The molecule has 3 aliphatic heterocycles. The molecule has 0 aliphatic carbocycles. The molecule has 0 unspecified atom stereocenters. The SMILES string of the molecule is CCOc1nc(C)c2nc(-c3cncc(F)c3)n(Cc3ccc(C4=CN5CCC4CC5)nc3C#N)c2n1. The van der Waals surface area contributed by atoms with Gasteiger partial charge in [0.25, 0.3) is 0 Å². The van der Waals surface area contributed by atoms with Gasteiger partial charge in [-0.05, 0) is 50.3 Å². The number of pyridine rings is 2. The molecule has 1 fully saturated rings. The highest BCUT2D eigenvalue weighted by Gasteiger charge is 2.29. The minimum absolute atomic E-state index is 0.237. The lowest BCUT2D eigenvalue weighted by Gasteiger charge is -2.38. The lowest BCUT2D eigenvalue weighted by atomic mass is 9.84. The van der Waals surface area contributed by atoms with Gasteiger partial charge in [-0.3, -0.25) is 4.98 Å². The zero-order valence-electron chi connectivity index (χ0n) is 20.6. The van der Waals surface area contributed by atoms with E-state index < -0.39 is 5.82 Å². The number of piperidine rings is 1. The molecule has 1 saturated heterocycles. The Morgan fingerprint density at radius 3 is 2.68 bits per heavy atom. The van der Waals surface area contributed by atoms with Crippen molar-refractivity contribution in [2.24, 2.45) is 5.92 Å². The highest BCUT2D eigenvalue weighted by Crippen LogP contribution is 2.37. The zero-order chi connectivity index (χ0) is 25.5. The van der Waals surface area contributed by atoms with Gasteiger partial charge >= 0.3 is 6.01 Å². The second-order valence-corrected chi connectivity index (χ2v) is 9.32. The molecule has 4 aromatic heterocycles. The second-order valence-electron chi connectivity index (χ2n) is 9.32. The van der Waals surface area contributed by atoms with E-state index in [2.05, 4.69) is 32.1 Å². The molecule has 0 N–H and O–H groups in total. The van der Waals surface area contributed by atoms with Crippen LogP contribution < -0.4 is 4.74 Å². The third kappa shape index (κ3) is 4.16. The van der Waals surface area contributed by atoms with E-state index in [-0.39, 0.29) is 12.6 Å². The summed E-state index contributed by atoms with van der Waals surface area (Å²) in [4.78, 5) is 24.8. The number of hydrogen-bond donors (Lipinski definition) is 0. The standard InChI is InChI=1S/C27H25FN8O/c1-3-37-27-31-16(2)24-26(34-27)36(25(33-24)19-10-20(28)13-30-12-19)14-18-4-5-22(32-23(18)11-29)21-15-35-8-6-17(21)7-9-35/h4-5,10,12-13,15,17H,3,6-9,14H2,1-2H3. The van der Waals surface area contributed by atoms with E-state index >= 15 is 0 Å². The fraction of sp³-hybridized carbons (Fsp3) is 0.333. The van der Waals surface area contributed by atoms with Crippen LogP contribution in [0.25, 0.3) is 28.1 Å². The van der Waals surface area contributed by atoms with Crippen molar-refractivity contribution in [3.63, 3.8) is 0 Å². The van der Waals surface area contributed by atoms with Crippen LogP contribution in [0, 0.1) is 30.0 Å². The first-order valence-corrected chi connectivity index (χ1v) is 12.4. The van der Waals surface area contributed by atoms with Gasteiger partial charge in [-0.15, -0.1) is 0 Å². The molecule has 0 atom stereocenters. The third-order valence-electron chi connectivity index (χ3n) is 6.98. The highest BCUT2D eigenvalue weighted by molar-refractivity contribution is 5.79. The Kier molecular flexibility index (Phi) is 5.75. The molecule has 10 heteroatoms. The minimum Gasteiger partial charge on any atom is -0.464 e. The van der Waals surface area contributed by atoms with Crippen LogP contribution >= 0.6 is 0 Å². The Bertz CT molecular complexity index is 1580. The Morgan fingerprint density at radius 1 is 1.14 bits per heavy atom. The van der Waals surface area contributed by atoms with Crippen molar-refractivity contribution in [2.45, 2.75) is 33.2 Å². The Morgan fingerprint density at radius 2 is 1.97 bits per heavy atom. The number of ether oxygens (including phenoxy) is 1. The summed E-state index contributed by atoms with van der Waals surface area (Å²) in [7, 11) is 0. The van der Waals surface area contributed by atoms with Gasteiger partial charge in [0.2, 0.25) is 0 Å². The largest absolute Gasteiger partial charge is 0.464 e. The fourth-order valence-electron chi connectivity index (χ4n) is 5.17. The van der Waals surface area contributed by atoms with E-state index in [1.165, 1.54) is 11.6 Å². The summed E-state index contributed by atoms with van der Waals surface area (Å²) in [5, 5.41) is 10.0. The van der Waals surface area contributed by atoms with Crippen LogP contribution in [0.15, 0.2) is 36.8 Å². The Balaban J connectivity index is 1.47. The molecule has 0 aromatic carbocycles. The van der Waals surface area contributed by atoms with Gasteiger partial charge in [-0.25, -0.2) is 14.4 Å². The summed E-state index contributed by atoms with van der Waals surface area (Å²) in [5.41, 5.74) is 5.34. The average molecular weight is 497 g/mol. The second kappa shape index (κ2) is 9.24. The van der Waals surface area contributed by atoms with Crippen molar-refractivity contribution in [1.29, 1.82) is 5.26 Å². The van der Waals surface area contributed by atoms with E-state index in [0.29, 0.717) is 52.0 Å². The molecule has 37 heavy (non-hydrogen) atoms. The summed E-state index contributed by atoms with van der Waals surface area (Å²) >= 11 is 0. The predicted molar refractivity (Wildman–Crippen MR) is 135 cm³/mol. The zero-order valence-corrected chi connectivity index (χ0v) is 20.6. The minimum atomic E-state index is -0.469. The molecule has 9 nitrogen and oxygen atoms in total. The molecule has 7 rings (SSSR count). The summed E-state index contributed by atoms with van der Waals surface area (Å²) in [6, 6.07) is 7.82. The number of hydrogen-bond acceptors (Lipinski definition) is 8. The monoisotopic (exact) mass is 496 g/mol. The third-order valence-corrected chi connectivity index (χ3v) is 6.98. The maximum Gasteiger partial charge on any atom is 0.318 e. The summed E-state index contributed by atoms with van der Waals surface area (Å²) in [5.74, 6) is 0.487. The maximum atomic E-state index is 14.1. The summed E-state index contributed by atoms with van der Waals surface area (Å²) in [6.45, 7) is 6.52.